The lowest BCUT2D eigenvalue weighted by atomic mass is 9.81. The van der Waals surface area contributed by atoms with Crippen molar-refractivity contribution in [3.8, 4) is 44.8 Å². The Morgan fingerprint density at radius 1 is 0.431 bits per heavy atom. The molecule has 1 unspecified atom stereocenters. The summed E-state index contributed by atoms with van der Waals surface area (Å²) < 4.78 is 4.78. The fraction of sp³-hybridized carbons (Fsp3) is 0.0725. The zero-order chi connectivity index (χ0) is 47.9. The van der Waals surface area contributed by atoms with Crippen molar-refractivity contribution in [3.63, 3.8) is 0 Å². The van der Waals surface area contributed by atoms with Crippen molar-refractivity contribution in [2.75, 3.05) is 4.90 Å². The molecule has 0 bridgehead atoms. The molecule has 2 aliphatic rings. The third kappa shape index (κ3) is 6.65. The van der Waals surface area contributed by atoms with Gasteiger partial charge in [-0.05, 0) is 130 Å². The van der Waals surface area contributed by atoms with E-state index in [-0.39, 0.29) is 11.3 Å². The van der Waals surface area contributed by atoms with Crippen molar-refractivity contribution in [3.05, 3.63) is 277 Å². The summed E-state index contributed by atoms with van der Waals surface area (Å²) in [6.07, 6.45) is 8.12. The van der Waals surface area contributed by atoms with Gasteiger partial charge in [-0.3, -0.25) is 0 Å². The molecule has 0 aliphatic heterocycles. The summed E-state index contributed by atoms with van der Waals surface area (Å²) in [6.45, 7) is 4.78. The lowest BCUT2D eigenvalue weighted by molar-refractivity contribution is 0.660. The summed E-state index contributed by atoms with van der Waals surface area (Å²) in [6, 6.07) is 87.2. The molecule has 0 saturated heterocycles. The van der Waals surface area contributed by atoms with Gasteiger partial charge in [-0.1, -0.05) is 190 Å². The van der Waals surface area contributed by atoms with Crippen LogP contribution in [0.1, 0.15) is 42.9 Å². The maximum atomic E-state index is 2.50. The highest BCUT2D eigenvalue weighted by Crippen LogP contribution is 2.55. The first kappa shape index (κ1) is 42.0. The Hall–Kier alpha value is -8.92. The Bertz CT molecular complexity index is 4020. The zero-order valence-electron chi connectivity index (χ0n) is 40.4. The lowest BCUT2D eigenvalue weighted by Crippen LogP contribution is -2.19. The molecule has 3 heteroatoms. The molecular formula is C69H51N3. The van der Waals surface area contributed by atoms with Gasteiger partial charge in [0, 0.05) is 61.2 Å². The molecule has 12 aromatic rings. The van der Waals surface area contributed by atoms with Crippen molar-refractivity contribution in [1.29, 1.82) is 0 Å². The van der Waals surface area contributed by atoms with E-state index in [0.29, 0.717) is 0 Å². The first-order valence-corrected chi connectivity index (χ1v) is 25.3. The second-order valence-corrected chi connectivity index (χ2v) is 20.0. The molecule has 2 aliphatic carbocycles. The Balaban J connectivity index is 0.825. The number of fused-ring (bicyclic) bond motifs is 9. The Kier molecular flexibility index (Phi) is 9.69. The van der Waals surface area contributed by atoms with Crippen LogP contribution in [0, 0.1) is 0 Å². The molecule has 0 radical (unpaired) electrons. The molecule has 342 valence electrons. The van der Waals surface area contributed by atoms with Crippen LogP contribution in [0.4, 0.5) is 11.4 Å². The van der Waals surface area contributed by atoms with Crippen LogP contribution < -0.4 is 4.90 Å². The van der Waals surface area contributed by atoms with Gasteiger partial charge in [0.1, 0.15) is 0 Å². The van der Waals surface area contributed by atoms with Gasteiger partial charge in [-0.2, -0.15) is 0 Å². The monoisotopic (exact) mass is 921 g/mol. The summed E-state index contributed by atoms with van der Waals surface area (Å²) in [4.78, 5) is 2.50. The second kappa shape index (κ2) is 16.6. The van der Waals surface area contributed by atoms with E-state index in [9.17, 15) is 0 Å². The number of aromatic nitrogens is 2. The van der Waals surface area contributed by atoms with Crippen molar-refractivity contribution in [2.45, 2.75) is 31.6 Å². The van der Waals surface area contributed by atoms with Crippen LogP contribution in [0.5, 0.6) is 0 Å². The maximum absolute atomic E-state index is 2.50. The van der Waals surface area contributed by atoms with E-state index in [1.54, 1.807) is 0 Å². The van der Waals surface area contributed by atoms with Crippen molar-refractivity contribution in [2.24, 2.45) is 0 Å². The summed E-state index contributed by atoms with van der Waals surface area (Å²) in [5, 5.41) is 5.10. The van der Waals surface area contributed by atoms with Crippen LogP contribution in [-0.4, -0.2) is 9.13 Å². The van der Waals surface area contributed by atoms with E-state index < -0.39 is 0 Å². The SMILES string of the molecule is CC1(C)c2cc(-c3ccccc3)ccc2-c2c(N(C3=CCC(c4ccc(-n5c6ccccc6c6ccccc65)cc4)C=C3)c3ccc(-c4ccc(-n5c6ccccc6c6ccccc65)cc4)cc3)cccc21. The third-order valence-corrected chi connectivity index (χ3v) is 15.7. The number of allylic oxidation sites excluding steroid dienone is 3. The normalized spacial score (nSPS) is 14.8. The summed E-state index contributed by atoms with van der Waals surface area (Å²) in [5.74, 6) is 0.258. The lowest BCUT2D eigenvalue weighted by Gasteiger charge is -2.31. The molecule has 0 N–H and O–H groups in total. The van der Waals surface area contributed by atoms with Crippen molar-refractivity contribution < 1.29 is 0 Å². The first-order valence-electron chi connectivity index (χ1n) is 25.3. The minimum Gasteiger partial charge on any atom is -0.310 e. The molecule has 1 atom stereocenters. The minimum atomic E-state index is -0.181. The van der Waals surface area contributed by atoms with Gasteiger partial charge in [-0.15, -0.1) is 0 Å². The van der Waals surface area contributed by atoms with E-state index in [1.165, 1.54) is 111 Å². The maximum Gasteiger partial charge on any atom is 0.0543 e. The van der Waals surface area contributed by atoms with Crippen LogP contribution in [0.15, 0.2) is 261 Å². The number of rotatable bonds is 8. The van der Waals surface area contributed by atoms with E-state index in [4.69, 9.17) is 0 Å². The highest BCUT2D eigenvalue weighted by atomic mass is 15.2. The minimum absolute atomic E-state index is 0.181. The second-order valence-electron chi connectivity index (χ2n) is 20.0. The number of para-hydroxylation sites is 4. The van der Waals surface area contributed by atoms with E-state index in [0.717, 1.165) is 17.8 Å². The first-order chi connectivity index (χ1) is 35.5. The average Bonchev–Trinajstić information content (AvgIpc) is 4.05. The topological polar surface area (TPSA) is 13.1 Å². The molecule has 14 rings (SSSR count). The standard InChI is InChI=1S/C69H51N3/c1-69(2)61-21-14-26-67(68(61)60-44-35-51(45-62(60)69)46-15-4-3-5-16-46)70(52-36-27-47(28-37-52)49-31-40-54(41-32-49)71-63-22-10-6-17-56(63)57-18-7-11-23-64(57)71)53-38-29-48(30-39-53)50-33-42-55(43-34-50)72-65-24-12-8-19-58(65)59-20-9-13-25-66(59)72/h3-29,31-45,48H,30H2,1-2H3. The predicted molar refractivity (Wildman–Crippen MR) is 303 cm³/mol. The number of benzene rings is 10. The number of anilines is 2. The summed E-state index contributed by atoms with van der Waals surface area (Å²) >= 11 is 0. The van der Waals surface area contributed by atoms with E-state index >= 15 is 0 Å². The molecule has 2 heterocycles. The van der Waals surface area contributed by atoms with Gasteiger partial charge in [-0.25, -0.2) is 0 Å². The molecule has 10 aromatic carbocycles. The fourth-order valence-corrected chi connectivity index (χ4v) is 12.1. The fourth-order valence-electron chi connectivity index (χ4n) is 12.1. The largest absolute Gasteiger partial charge is 0.310 e. The Morgan fingerprint density at radius 3 is 1.46 bits per heavy atom. The van der Waals surface area contributed by atoms with Gasteiger partial charge in [0.25, 0.3) is 0 Å². The van der Waals surface area contributed by atoms with Gasteiger partial charge in [0.2, 0.25) is 0 Å². The van der Waals surface area contributed by atoms with E-state index in [2.05, 4.69) is 283 Å². The van der Waals surface area contributed by atoms with Crippen molar-refractivity contribution >= 4 is 55.0 Å². The predicted octanol–water partition coefficient (Wildman–Crippen LogP) is 18.3. The molecule has 0 fully saturated rings. The number of hydrogen-bond donors (Lipinski definition) is 0. The average molecular weight is 922 g/mol. The summed E-state index contributed by atoms with van der Waals surface area (Å²) in [7, 11) is 0. The van der Waals surface area contributed by atoms with Gasteiger partial charge >= 0.3 is 0 Å². The molecule has 3 nitrogen and oxygen atoms in total. The number of nitrogens with zero attached hydrogens (tertiary/aromatic N) is 3. The van der Waals surface area contributed by atoms with Crippen LogP contribution in [0.3, 0.4) is 0 Å². The van der Waals surface area contributed by atoms with Gasteiger partial charge < -0.3 is 14.0 Å². The van der Waals surface area contributed by atoms with E-state index in [1.807, 2.05) is 0 Å². The smallest absolute Gasteiger partial charge is 0.0543 e. The van der Waals surface area contributed by atoms with Crippen LogP contribution in [0.25, 0.3) is 88.4 Å². The Labute approximate surface area is 420 Å². The molecular weight excluding hydrogens is 871 g/mol. The molecule has 0 saturated carbocycles. The molecule has 0 amide bonds. The molecule has 0 spiro atoms. The highest BCUT2D eigenvalue weighted by molar-refractivity contribution is 6.10. The molecule has 72 heavy (non-hydrogen) atoms. The van der Waals surface area contributed by atoms with Crippen LogP contribution >= 0.6 is 0 Å². The van der Waals surface area contributed by atoms with Crippen molar-refractivity contribution in [1.82, 2.24) is 9.13 Å². The third-order valence-electron chi connectivity index (χ3n) is 15.7. The quantitative estimate of drug-likeness (QED) is 0.148. The molecule has 2 aromatic heterocycles. The highest BCUT2D eigenvalue weighted by Gasteiger charge is 2.38. The van der Waals surface area contributed by atoms with Crippen LogP contribution in [-0.2, 0) is 5.41 Å². The summed E-state index contributed by atoms with van der Waals surface area (Å²) in [5.41, 5.74) is 22.1. The Morgan fingerprint density at radius 2 is 0.917 bits per heavy atom. The zero-order valence-corrected chi connectivity index (χ0v) is 40.4. The van der Waals surface area contributed by atoms with Gasteiger partial charge in [0.15, 0.2) is 0 Å². The van der Waals surface area contributed by atoms with Gasteiger partial charge in [0.05, 0.1) is 27.8 Å². The number of hydrogen-bond acceptors (Lipinski definition) is 1. The van der Waals surface area contributed by atoms with Crippen LogP contribution in [0.2, 0.25) is 0 Å².